The Morgan fingerprint density at radius 1 is 1.36 bits per heavy atom. The average Bonchev–Trinajstić information content (AvgIpc) is 3.07. The fourth-order valence-corrected chi connectivity index (χ4v) is 3.86. The summed E-state index contributed by atoms with van der Waals surface area (Å²) in [5.41, 5.74) is -0.241. The van der Waals surface area contributed by atoms with Gasteiger partial charge in [-0.1, -0.05) is 0 Å². The first-order valence-electron chi connectivity index (χ1n) is 7.88. The normalized spacial score (nSPS) is 13.9. The fourth-order valence-electron chi connectivity index (χ4n) is 2.45. The lowest BCUT2D eigenvalue weighted by atomic mass is 9.96. The first kappa shape index (κ1) is 22.5. The number of guanidine groups is 1. The molecule has 1 unspecified atom stereocenters. The third-order valence-electron chi connectivity index (χ3n) is 3.59. The van der Waals surface area contributed by atoms with Crippen LogP contribution in [0.5, 0.6) is 0 Å². The molecule has 0 aliphatic carbocycles. The number of furan rings is 1. The minimum atomic E-state index is -1.04. The number of aliphatic imine (C=N–C) groups is 1. The molecule has 0 bridgehead atoms. The van der Waals surface area contributed by atoms with Gasteiger partial charge in [-0.25, -0.2) is 4.99 Å². The van der Waals surface area contributed by atoms with E-state index in [0.29, 0.717) is 19.0 Å². The molecule has 0 spiro atoms. The van der Waals surface area contributed by atoms with Crippen molar-refractivity contribution in [3.05, 3.63) is 43.9 Å². The molecule has 0 aliphatic rings. The first-order valence-corrected chi connectivity index (χ1v) is 9.49. The molecule has 2 rings (SSSR count). The Morgan fingerprint density at radius 3 is 2.60 bits per heavy atom. The number of nitrogens with one attached hydrogen (secondary N) is 2. The maximum Gasteiger partial charge on any atom is 0.191 e. The first-order chi connectivity index (χ1) is 11.3. The second kappa shape index (κ2) is 9.94. The van der Waals surface area contributed by atoms with Crippen LogP contribution in [0.4, 0.5) is 0 Å². The quantitative estimate of drug-likeness (QED) is 0.290. The number of hydrogen-bond acceptors (Lipinski definition) is 4. The molecule has 0 fully saturated rings. The van der Waals surface area contributed by atoms with Crippen LogP contribution < -0.4 is 10.6 Å². The monoisotopic (exact) mass is 541 g/mol. The van der Waals surface area contributed by atoms with Crippen molar-refractivity contribution in [1.29, 1.82) is 0 Å². The molecule has 3 N–H and O–H groups in total. The van der Waals surface area contributed by atoms with E-state index in [4.69, 9.17) is 4.42 Å². The summed E-state index contributed by atoms with van der Waals surface area (Å²) in [7, 11) is 0. The molecule has 5 nitrogen and oxygen atoms in total. The molecular formula is C17H25BrIN3O2S. The van der Waals surface area contributed by atoms with Gasteiger partial charge in [0, 0.05) is 17.0 Å². The lowest BCUT2D eigenvalue weighted by molar-refractivity contribution is 0.0601. The SMILES string of the molecule is CCNC(=NCc1ccc(Br)s1)NCC(C)(O)c1cc(C)oc1C.I. The maximum atomic E-state index is 10.8. The molecule has 0 saturated heterocycles. The molecular weight excluding hydrogens is 517 g/mol. The summed E-state index contributed by atoms with van der Waals surface area (Å²) in [6.45, 7) is 9.23. The number of nitrogens with zero attached hydrogens (tertiary/aromatic N) is 1. The van der Waals surface area contributed by atoms with Crippen LogP contribution >= 0.6 is 51.2 Å². The maximum absolute atomic E-state index is 10.8. The van der Waals surface area contributed by atoms with E-state index in [-0.39, 0.29) is 24.0 Å². The molecule has 0 radical (unpaired) electrons. The zero-order valence-electron chi connectivity index (χ0n) is 14.9. The molecule has 0 saturated carbocycles. The fraction of sp³-hybridized carbons (Fsp3) is 0.471. The van der Waals surface area contributed by atoms with E-state index in [0.717, 1.165) is 27.4 Å². The van der Waals surface area contributed by atoms with E-state index in [1.54, 1.807) is 18.3 Å². The number of thiophene rings is 1. The molecule has 0 aromatic carbocycles. The Labute approximate surface area is 178 Å². The summed E-state index contributed by atoms with van der Waals surface area (Å²) in [4.78, 5) is 5.74. The third kappa shape index (κ3) is 6.58. The highest BCUT2D eigenvalue weighted by molar-refractivity contribution is 14.0. The summed E-state index contributed by atoms with van der Waals surface area (Å²) in [5, 5.41) is 17.2. The van der Waals surface area contributed by atoms with E-state index in [1.165, 1.54) is 4.88 Å². The molecule has 140 valence electrons. The molecule has 2 heterocycles. The van der Waals surface area contributed by atoms with Gasteiger partial charge in [0.25, 0.3) is 0 Å². The number of aliphatic hydroxyl groups is 1. The van der Waals surface area contributed by atoms with Gasteiger partial charge in [-0.3, -0.25) is 0 Å². The molecule has 2 aromatic rings. The zero-order chi connectivity index (χ0) is 17.7. The summed E-state index contributed by atoms with van der Waals surface area (Å²) in [5.74, 6) is 2.22. The van der Waals surface area contributed by atoms with Crippen LogP contribution in [-0.2, 0) is 12.1 Å². The Balaban J connectivity index is 0.00000312. The van der Waals surface area contributed by atoms with Crippen molar-refractivity contribution < 1.29 is 9.52 Å². The van der Waals surface area contributed by atoms with Gasteiger partial charge in [0.2, 0.25) is 0 Å². The second-order valence-electron chi connectivity index (χ2n) is 5.86. The van der Waals surface area contributed by atoms with Crippen LogP contribution in [-0.4, -0.2) is 24.2 Å². The van der Waals surface area contributed by atoms with Crippen molar-refractivity contribution >= 4 is 57.2 Å². The van der Waals surface area contributed by atoms with Gasteiger partial charge in [0.15, 0.2) is 5.96 Å². The Hall–Kier alpha value is -0.580. The van der Waals surface area contributed by atoms with E-state index in [1.807, 2.05) is 32.9 Å². The smallest absolute Gasteiger partial charge is 0.191 e. The van der Waals surface area contributed by atoms with Gasteiger partial charge in [-0.05, 0) is 61.8 Å². The van der Waals surface area contributed by atoms with Crippen molar-refractivity contribution in [2.45, 2.75) is 39.8 Å². The third-order valence-corrected chi connectivity index (χ3v) is 5.20. The van der Waals surface area contributed by atoms with E-state index in [2.05, 4.69) is 37.6 Å². The van der Waals surface area contributed by atoms with Crippen molar-refractivity contribution in [3.8, 4) is 0 Å². The van der Waals surface area contributed by atoms with Crippen molar-refractivity contribution in [3.63, 3.8) is 0 Å². The molecule has 0 amide bonds. The summed E-state index contributed by atoms with van der Waals surface area (Å²) < 4.78 is 6.62. The van der Waals surface area contributed by atoms with Crippen LogP contribution in [0.15, 0.2) is 31.4 Å². The average molecular weight is 542 g/mol. The van der Waals surface area contributed by atoms with Gasteiger partial charge >= 0.3 is 0 Å². The van der Waals surface area contributed by atoms with E-state index < -0.39 is 5.60 Å². The van der Waals surface area contributed by atoms with Crippen molar-refractivity contribution in [2.75, 3.05) is 13.1 Å². The number of aryl methyl sites for hydroxylation is 2. The zero-order valence-corrected chi connectivity index (χ0v) is 19.6. The second-order valence-corrected chi connectivity index (χ2v) is 8.40. The number of rotatable bonds is 6. The van der Waals surface area contributed by atoms with Gasteiger partial charge in [0.05, 0.1) is 16.9 Å². The minimum Gasteiger partial charge on any atom is -0.466 e. The largest absolute Gasteiger partial charge is 0.466 e. The predicted molar refractivity (Wildman–Crippen MR) is 118 cm³/mol. The predicted octanol–water partition coefficient (Wildman–Crippen LogP) is 4.30. The highest BCUT2D eigenvalue weighted by Gasteiger charge is 2.27. The van der Waals surface area contributed by atoms with Gasteiger partial charge in [0.1, 0.15) is 17.1 Å². The minimum absolute atomic E-state index is 0. The topological polar surface area (TPSA) is 69.8 Å². The lowest BCUT2D eigenvalue weighted by Crippen LogP contribution is -2.44. The molecule has 25 heavy (non-hydrogen) atoms. The van der Waals surface area contributed by atoms with Crippen LogP contribution in [0.25, 0.3) is 0 Å². The molecule has 8 heteroatoms. The van der Waals surface area contributed by atoms with Crippen LogP contribution in [0.2, 0.25) is 0 Å². The Morgan fingerprint density at radius 2 is 2.08 bits per heavy atom. The van der Waals surface area contributed by atoms with Gasteiger partial charge in [-0.2, -0.15) is 0 Å². The van der Waals surface area contributed by atoms with Crippen LogP contribution in [0.3, 0.4) is 0 Å². The summed E-state index contributed by atoms with van der Waals surface area (Å²) >= 11 is 5.12. The van der Waals surface area contributed by atoms with Gasteiger partial charge in [-0.15, -0.1) is 35.3 Å². The highest BCUT2D eigenvalue weighted by atomic mass is 127. The standard InChI is InChI=1S/C17H24BrN3O2S.HI/c1-5-19-16(20-9-13-6-7-15(18)24-13)21-10-17(4,22)14-8-11(2)23-12(14)3;/h6-8,22H,5,9-10H2,1-4H3,(H2,19,20,21);1H. The van der Waals surface area contributed by atoms with Crippen LogP contribution in [0, 0.1) is 13.8 Å². The number of hydrogen-bond donors (Lipinski definition) is 3. The molecule has 1 atom stereocenters. The van der Waals surface area contributed by atoms with E-state index in [9.17, 15) is 5.11 Å². The summed E-state index contributed by atoms with van der Waals surface area (Å²) in [6.07, 6.45) is 0. The highest BCUT2D eigenvalue weighted by Crippen LogP contribution is 2.26. The van der Waals surface area contributed by atoms with Gasteiger partial charge < -0.3 is 20.2 Å². The van der Waals surface area contributed by atoms with Crippen LogP contribution in [0.1, 0.15) is 35.8 Å². The van der Waals surface area contributed by atoms with Crippen molar-refractivity contribution in [1.82, 2.24) is 10.6 Å². The Bertz CT molecular complexity index is 713. The molecule has 2 aromatic heterocycles. The summed E-state index contributed by atoms with van der Waals surface area (Å²) in [6, 6.07) is 5.95. The molecule has 0 aliphatic heterocycles. The Kier molecular flexibility index (Phi) is 8.93. The van der Waals surface area contributed by atoms with E-state index >= 15 is 0 Å². The number of halogens is 2. The lowest BCUT2D eigenvalue weighted by Gasteiger charge is -2.24. The van der Waals surface area contributed by atoms with Crippen molar-refractivity contribution in [2.24, 2.45) is 4.99 Å².